The summed E-state index contributed by atoms with van der Waals surface area (Å²) in [5, 5.41) is 10.2. The highest BCUT2D eigenvalue weighted by Crippen LogP contribution is 2.26. The molecule has 6 heteroatoms. The van der Waals surface area contributed by atoms with Crippen LogP contribution in [0.15, 0.2) is 29.1 Å². The third-order valence-electron chi connectivity index (χ3n) is 4.19. The molecule has 2 aromatic rings. The van der Waals surface area contributed by atoms with Gasteiger partial charge >= 0.3 is 0 Å². The normalized spacial score (nSPS) is 17.0. The second-order valence-corrected chi connectivity index (χ2v) is 5.88. The Labute approximate surface area is 133 Å². The Morgan fingerprint density at radius 3 is 2.87 bits per heavy atom. The number of hydrogen-bond donors (Lipinski definition) is 2. The standard InChI is InChI=1S/C17H19N3O3/c1-10-14(17(23)19-11(2)18-10)7-16(22)20-8-12-5-3-4-6-13(12)15(21)9-20/h3-6,15,21H,7-9H2,1-2H3,(H,18,19,23)/t15-/m1/s1. The van der Waals surface area contributed by atoms with Gasteiger partial charge in [-0.05, 0) is 25.0 Å². The van der Waals surface area contributed by atoms with E-state index >= 15 is 0 Å². The van der Waals surface area contributed by atoms with E-state index in [9.17, 15) is 14.7 Å². The van der Waals surface area contributed by atoms with Crippen LogP contribution in [0.1, 0.15) is 34.3 Å². The first-order valence-electron chi connectivity index (χ1n) is 7.55. The maximum absolute atomic E-state index is 12.5. The molecule has 1 atom stereocenters. The van der Waals surface area contributed by atoms with Gasteiger partial charge in [0.25, 0.3) is 5.56 Å². The number of aromatic amines is 1. The summed E-state index contributed by atoms with van der Waals surface area (Å²) in [7, 11) is 0. The smallest absolute Gasteiger partial charge is 0.254 e. The summed E-state index contributed by atoms with van der Waals surface area (Å²) in [4.78, 5) is 33.0. The zero-order valence-corrected chi connectivity index (χ0v) is 13.2. The van der Waals surface area contributed by atoms with Gasteiger partial charge in [0.15, 0.2) is 0 Å². The highest BCUT2D eigenvalue weighted by molar-refractivity contribution is 5.79. The Morgan fingerprint density at radius 2 is 2.13 bits per heavy atom. The average Bonchev–Trinajstić information content (AvgIpc) is 2.50. The Kier molecular flexibility index (Phi) is 4.00. The van der Waals surface area contributed by atoms with Crippen LogP contribution in [0.4, 0.5) is 0 Å². The number of H-pyrrole nitrogens is 1. The van der Waals surface area contributed by atoms with Gasteiger partial charge in [-0.3, -0.25) is 9.59 Å². The topological polar surface area (TPSA) is 86.3 Å². The fourth-order valence-electron chi connectivity index (χ4n) is 2.99. The Bertz CT molecular complexity index is 813. The van der Waals surface area contributed by atoms with E-state index < -0.39 is 6.10 Å². The van der Waals surface area contributed by atoms with Crippen molar-refractivity contribution in [3.8, 4) is 0 Å². The number of β-amino-alcohol motifs (C(OH)–C–C–N with tert-alkyl or cyclic N) is 1. The summed E-state index contributed by atoms with van der Waals surface area (Å²) < 4.78 is 0. The van der Waals surface area contributed by atoms with Crippen LogP contribution in [0.25, 0.3) is 0 Å². The molecule has 0 aliphatic carbocycles. The van der Waals surface area contributed by atoms with E-state index in [-0.39, 0.29) is 24.4 Å². The van der Waals surface area contributed by atoms with Crippen LogP contribution in [-0.2, 0) is 17.8 Å². The van der Waals surface area contributed by atoms with Crippen molar-refractivity contribution in [2.75, 3.05) is 6.54 Å². The van der Waals surface area contributed by atoms with Crippen molar-refractivity contribution < 1.29 is 9.90 Å². The Morgan fingerprint density at radius 1 is 1.39 bits per heavy atom. The van der Waals surface area contributed by atoms with Gasteiger partial charge in [-0.1, -0.05) is 24.3 Å². The minimum absolute atomic E-state index is 0.0106. The second-order valence-electron chi connectivity index (χ2n) is 5.88. The van der Waals surface area contributed by atoms with Crippen LogP contribution < -0.4 is 5.56 Å². The first-order valence-corrected chi connectivity index (χ1v) is 7.55. The Balaban J connectivity index is 1.82. The maximum Gasteiger partial charge on any atom is 0.254 e. The van der Waals surface area contributed by atoms with Crippen molar-refractivity contribution in [3.05, 3.63) is 62.8 Å². The van der Waals surface area contributed by atoms with Crippen molar-refractivity contribution in [3.63, 3.8) is 0 Å². The lowest BCUT2D eigenvalue weighted by Crippen LogP contribution is -2.40. The second kappa shape index (κ2) is 5.96. The molecule has 120 valence electrons. The summed E-state index contributed by atoms with van der Waals surface area (Å²) in [5.74, 6) is 0.351. The van der Waals surface area contributed by atoms with E-state index in [1.165, 1.54) is 0 Å². The lowest BCUT2D eigenvalue weighted by Gasteiger charge is -2.32. The zero-order valence-electron chi connectivity index (χ0n) is 13.2. The van der Waals surface area contributed by atoms with E-state index in [1.807, 2.05) is 24.3 Å². The molecule has 0 bridgehead atoms. The number of amides is 1. The summed E-state index contributed by atoms with van der Waals surface area (Å²) in [6, 6.07) is 7.54. The van der Waals surface area contributed by atoms with Gasteiger partial charge in [0.05, 0.1) is 19.1 Å². The van der Waals surface area contributed by atoms with Gasteiger partial charge in [-0.2, -0.15) is 0 Å². The number of aliphatic hydroxyl groups excluding tert-OH is 1. The van der Waals surface area contributed by atoms with Crippen LogP contribution in [0.3, 0.4) is 0 Å². The predicted molar refractivity (Wildman–Crippen MR) is 84.9 cm³/mol. The summed E-state index contributed by atoms with van der Waals surface area (Å²) in [6.07, 6.45) is -0.706. The lowest BCUT2D eigenvalue weighted by atomic mass is 9.97. The number of nitrogens with zero attached hydrogens (tertiary/aromatic N) is 2. The van der Waals surface area contributed by atoms with Gasteiger partial charge < -0.3 is 15.0 Å². The number of nitrogens with one attached hydrogen (secondary N) is 1. The molecule has 3 rings (SSSR count). The first kappa shape index (κ1) is 15.4. The number of rotatable bonds is 2. The molecule has 0 spiro atoms. The van der Waals surface area contributed by atoms with Crippen LogP contribution in [0.5, 0.6) is 0 Å². The van der Waals surface area contributed by atoms with Crippen LogP contribution >= 0.6 is 0 Å². The number of hydrogen-bond acceptors (Lipinski definition) is 4. The van der Waals surface area contributed by atoms with Crippen molar-refractivity contribution in [1.29, 1.82) is 0 Å². The SMILES string of the molecule is Cc1nc(C)c(CC(=O)N2Cc3ccccc3[C@H](O)C2)c(=O)[nH]1. The molecular formula is C17H19N3O3. The monoisotopic (exact) mass is 313 g/mol. The molecule has 1 amide bonds. The number of fused-ring (bicyclic) bond motifs is 1. The third-order valence-corrected chi connectivity index (χ3v) is 4.19. The van der Waals surface area contributed by atoms with Crippen LogP contribution in [0.2, 0.25) is 0 Å². The molecule has 1 aromatic carbocycles. The first-order chi connectivity index (χ1) is 11.0. The maximum atomic E-state index is 12.5. The lowest BCUT2D eigenvalue weighted by molar-refractivity contribution is -0.133. The molecule has 0 fully saturated rings. The van der Waals surface area contributed by atoms with E-state index in [0.717, 1.165) is 11.1 Å². The highest BCUT2D eigenvalue weighted by Gasteiger charge is 2.27. The molecule has 1 aromatic heterocycles. The van der Waals surface area contributed by atoms with E-state index in [2.05, 4.69) is 9.97 Å². The van der Waals surface area contributed by atoms with E-state index in [4.69, 9.17) is 0 Å². The van der Waals surface area contributed by atoms with Gasteiger partial charge in [-0.15, -0.1) is 0 Å². The minimum atomic E-state index is -0.695. The summed E-state index contributed by atoms with van der Waals surface area (Å²) in [6.45, 7) is 4.12. The van der Waals surface area contributed by atoms with Crippen molar-refractivity contribution in [1.82, 2.24) is 14.9 Å². The van der Waals surface area contributed by atoms with Gasteiger partial charge in [-0.25, -0.2) is 4.98 Å². The number of aromatic nitrogens is 2. The average molecular weight is 313 g/mol. The van der Waals surface area contributed by atoms with Gasteiger partial charge in [0.2, 0.25) is 5.91 Å². The summed E-state index contributed by atoms with van der Waals surface area (Å²) in [5.41, 5.74) is 2.47. The number of aryl methyl sites for hydroxylation is 2. The van der Waals surface area contributed by atoms with Crippen molar-refractivity contribution >= 4 is 5.91 Å². The largest absolute Gasteiger partial charge is 0.387 e. The van der Waals surface area contributed by atoms with Gasteiger partial charge in [0.1, 0.15) is 5.82 Å². The molecule has 0 saturated carbocycles. The van der Waals surface area contributed by atoms with Crippen molar-refractivity contribution in [2.24, 2.45) is 0 Å². The molecule has 0 radical (unpaired) electrons. The quantitative estimate of drug-likeness (QED) is 0.866. The molecule has 0 saturated heterocycles. The molecule has 1 aliphatic heterocycles. The molecule has 6 nitrogen and oxygen atoms in total. The third kappa shape index (κ3) is 3.03. The molecule has 23 heavy (non-hydrogen) atoms. The Hall–Kier alpha value is -2.47. The number of carbonyl (C=O) groups is 1. The number of benzene rings is 1. The van der Waals surface area contributed by atoms with E-state index in [1.54, 1.807) is 18.7 Å². The minimum Gasteiger partial charge on any atom is -0.387 e. The predicted octanol–water partition coefficient (Wildman–Crippen LogP) is 1.01. The fourth-order valence-corrected chi connectivity index (χ4v) is 2.99. The van der Waals surface area contributed by atoms with Gasteiger partial charge in [0, 0.05) is 17.8 Å². The summed E-state index contributed by atoms with van der Waals surface area (Å²) >= 11 is 0. The van der Waals surface area contributed by atoms with Crippen molar-refractivity contribution in [2.45, 2.75) is 32.9 Å². The van der Waals surface area contributed by atoms with E-state index in [0.29, 0.717) is 23.6 Å². The number of carbonyl (C=O) groups excluding carboxylic acids is 1. The fraction of sp³-hybridized carbons (Fsp3) is 0.353. The van der Waals surface area contributed by atoms with Crippen LogP contribution in [0, 0.1) is 13.8 Å². The highest BCUT2D eigenvalue weighted by atomic mass is 16.3. The zero-order chi connectivity index (χ0) is 16.6. The number of aliphatic hydroxyl groups is 1. The molecular weight excluding hydrogens is 294 g/mol. The molecule has 2 heterocycles. The molecule has 1 aliphatic rings. The molecule has 0 unspecified atom stereocenters. The van der Waals surface area contributed by atoms with Crippen LogP contribution in [-0.4, -0.2) is 32.4 Å². The molecule has 2 N–H and O–H groups in total.